The van der Waals surface area contributed by atoms with E-state index >= 15 is 0 Å². The van der Waals surface area contributed by atoms with Crippen LogP contribution in [0.5, 0.6) is 11.5 Å². The first-order valence-electron chi connectivity index (χ1n) is 7.79. The van der Waals surface area contributed by atoms with E-state index in [9.17, 15) is 5.11 Å². The lowest BCUT2D eigenvalue weighted by atomic mass is 9.92. The zero-order valence-electron chi connectivity index (χ0n) is 13.9. The number of phenols is 1. The van der Waals surface area contributed by atoms with Gasteiger partial charge in [0.1, 0.15) is 0 Å². The first-order chi connectivity index (χ1) is 9.93. The highest BCUT2D eigenvalue weighted by atomic mass is 16.5. The maximum Gasteiger partial charge on any atom is 0.162 e. The molecule has 0 aromatic heterocycles. The van der Waals surface area contributed by atoms with Gasteiger partial charge in [-0.15, -0.1) is 0 Å². The molecule has 0 saturated heterocycles. The zero-order valence-corrected chi connectivity index (χ0v) is 13.9. The van der Waals surface area contributed by atoms with Crippen molar-refractivity contribution in [2.24, 2.45) is 11.1 Å². The van der Waals surface area contributed by atoms with Gasteiger partial charge in [0.25, 0.3) is 0 Å². The summed E-state index contributed by atoms with van der Waals surface area (Å²) < 4.78 is 5.45. The molecule has 120 valence electrons. The molecule has 0 aliphatic rings. The van der Waals surface area contributed by atoms with Crippen LogP contribution in [0, 0.1) is 5.41 Å². The summed E-state index contributed by atoms with van der Waals surface area (Å²) in [4.78, 5) is 2.34. The Bertz CT molecular complexity index is 433. The molecule has 0 radical (unpaired) electrons. The van der Waals surface area contributed by atoms with Gasteiger partial charge >= 0.3 is 0 Å². The van der Waals surface area contributed by atoms with Gasteiger partial charge in [-0.2, -0.15) is 0 Å². The maximum absolute atomic E-state index is 10.3. The Balaban J connectivity index is 2.86. The van der Waals surface area contributed by atoms with Gasteiger partial charge in [-0.3, -0.25) is 4.90 Å². The molecular formula is C17H30N2O2. The molecule has 1 rings (SSSR count). The number of benzene rings is 1. The van der Waals surface area contributed by atoms with E-state index in [1.54, 1.807) is 6.07 Å². The van der Waals surface area contributed by atoms with Crippen LogP contribution < -0.4 is 10.5 Å². The molecule has 0 saturated carbocycles. The third kappa shape index (κ3) is 5.56. The number of nitrogens with zero attached hydrogens (tertiary/aromatic N) is 1. The summed E-state index contributed by atoms with van der Waals surface area (Å²) >= 11 is 0. The number of rotatable bonds is 9. The minimum absolute atomic E-state index is 0.0717. The van der Waals surface area contributed by atoms with Crippen molar-refractivity contribution in [3.8, 4) is 11.5 Å². The molecule has 0 fully saturated rings. The molecule has 0 spiro atoms. The number of hydrogen-bond acceptors (Lipinski definition) is 4. The lowest BCUT2D eigenvalue weighted by Crippen LogP contribution is -2.38. The maximum atomic E-state index is 10.3. The predicted molar refractivity (Wildman–Crippen MR) is 87.7 cm³/mol. The first kappa shape index (κ1) is 17.8. The Hall–Kier alpha value is -1.26. The van der Waals surface area contributed by atoms with Crippen molar-refractivity contribution in [2.45, 2.75) is 40.7 Å². The zero-order chi connectivity index (χ0) is 15.9. The number of para-hydroxylation sites is 1. The summed E-state index contributed by atoms with van der Waals surface area (Å²) in [5, 5.41) is 10.3. The quantitative estimate of drug-likeness (QED) is 0.735. The summed E-state index contributed by atoms with van der Waals surface area (Å²) in [6, 6.07) is 5.69. The average molecular weight is 294 g/mol. The summed E-state index contributed by atoms with van der Waals surface area (Å²) in [6.07, 6.45) is 1.08. The second-order valence-electron chi connectivity index (χ2n) is 6.28. The molecule has 0 atom stereocenters. The molecule has 1 aromatic rings. The van der Waals surface area contributed by atoms with Gasteiger partial charge in [0.2, 0.25) is 0 Å². The summed E-state index contributed by atoms with van der Waals surface area (Å²) in [6.45, 7) is 12.2. The fourth-order valence-electron chi connectivity index (χ4n) is 2.41. The van der Waals surface area contributed by atoms with Gasteiger partial charge in [-0.1, -0.05) is 32.9 Å². The minimum atomic E-state index is 0.0717. The number of hydrogen-bond donors (Lipinski definition) is 2. The van der Waals surface area contributed by atoms with Gasteiger partial charge in [-0.25, -0.2) is 0 Å². The molecule has 0 aliphatic heterocycles. The third-order valence-electron chi connectivity index (χ3n) is 3.52. The van der Waals surface area contributed by atoms with E-state index in [2.05, 4.69) is 25.7 Å². The van der Waals surface area contributed by atoms with Crippen LogP contribution in [0.1, 0.15) is 39.7 Å². The predicted octanol–water partition coefficient (Wildman–Crippen LogP) is 2.99. The van der Waals surface area contributed by atoms with E-state index < -0.39 is 0 Å². The van der Waals surface area contributed by atoms with Gasteiger partial charge in [-0.05, 0) is 37.9 Å². The number of phenolic OH excluding ortho intramolecular Hbond substituents is 1. The second-order valence-corrected chi connectivity index (χ2v) is 6.28. The number of aromatic hydroxyl groups is 1. The lowest BCUT2D eigenvalue weighted by molar-refractivity contribution is 0.174. The van der Waals surface area contributed by atoms with Crippen LogP contribution >= 0.6 is 0 Å². The SMILES string of the molecule is CCCN(Cc1cccc(OCC)c1O)CC(C)(C)CN. The van der Waals surface area contributed by atoms with E-state index in [1.807, 2.05) is 19.1 Å². The van der Waals surface area contributed by atoms with Crippen LogP contribution in [0.15, 0.2) is 18.2 Å². The summed E-state index contributed by atoms with van der Waals surface area (Å²) in [7, 11) is 0. The Morgan fingerprint density at radius 1 is 1.29 bits per heavy atom. The van der Waals surface area contributed by atoms with Crippen LogP contribution in [0.2, 0.25) is 0 Å². The van der Waals surface area contributed by atoms with E-state index in [-0.39, 0.29) is 11.2 Å². The highest BCUT2D eigenvalue weighted by molar-refractivity contribution is 5.45. The molecule has 0 heterocycles. The van der Waals surface area contributed by atoms with Crippen molar-refractivity contribution in [1.29, 1.82) is 0 Å². The first-order valence-corrected chi connectivity index (χ1v) is 7.79. The molecule has 0 amide bonds. The van der Waals surface area contributed by atoms with Crippen LogP contribution in [-0.2, 0) is 6.54 Å². The lowest BCUT2D eigenvalue weighted by Gasteiger charge is -2.32. The normalized spacial score (nSPS) is 11.9. The van der Waals surface area contributed by atoms with Crippen molar-refractivity contribution in [3.05, 3.63) is 23.8 Å². The van der Waals surface area contributed by atoms with Gasteiger partial charge in [0.15, 0.2) is 11.5 Å². The molecule has 0 unspecified atom stereocenters. The number of ether oxygens (including phenoxy) is 1. The third-order valence-corrected chi connectivity index (χ3v) is 3.52. The van der Waals surface area contributed by atoms with Crippen molar-refractivity contribution >= 4 is 0 Å². The highest BCUT2D eigenvalue weighted by Crippen LogP contribution is 2.31. The van der Waals surface area contributed by atoms with E-state index in [0.717, 1.165) is 25.1 Å². The Kier molecular flexibility index (Phi) is 6.99. The van der Waals surface area contributed by atoms with Crippen molar-refractivity contribution in [2.75, 3.05) is 26.2 Å². The molecule has 0 aliphatic carbocycles. The van der Waals surface area contributed by atoms with E-state index in [4.69, 9.17) is 10.5 Å². The minimum Gasteiger partial charge on any atom is -0.504 e. The smallest absolute Gasteiger partial charge is 0.162 e. The van der Waals surface area contributed by atoms with E-state index in [1.165, 1.54) is 0 Å². The average Bonchev–Trinajstić information content (AvgIpc) is 2.43. The Morgan fingerprint density at radius 2 is 2.00 bits per heavy atom. The molecule has 3 N–H and O–H groups in total. The Labute approximate surface area is 128 Å². The fourth-order valence-corrected chi connectivity index (χ4v) is 2.41. The largest absolute Gasteiger partial charge is 0.504 e. The molecule has 4 nitrogen and oxygen atoms in total. The van der Waals surface area contributed by atoms with Crippen LogP contribution in [0.25, 0.3) is 0 Å². The van der Waals surface area contributed by atoms with Crippen LogP contribution in [0.3, 0.4) is 0 Å². The Morgan fingerprint density at radius 3 is 2.57 bits per heavy atom. The van der Waals surface area contributed by atoms with Gasteiger partial charge in [0.05, 0.1) is 6.61 Å². The van der Waals surface area contributed by atoms with E-state index in [0.29, 0.717) is 25.4 Å². The van der Waals surface area contributed by atoms with Gasteiger partial charge in [0, 0.05) is 18.7 Å². The molecule has 0 bridgehead atoms. The molecule has 4 heteroatoms. The van der Waals surface area contributed by atoms with Gasteiger partial charge < -0.3 is 15.6 Å². The molecule has 1 aromatic carbocycles. The summed E-state index contributed by atoms with van der Waals surface area (Å²) in [5.41, 5.74) is 6.82. The monoisotopic (exact) mass is 294 g/mol. The number of nitrogens with two attached hydrogens (primary N) is 1. The highest BCUT2D eigenvalue weighted by Gasteiger charge is 2.21. The van der Waals surface area contributed by atoms with Crippen molar-refractivity contribution in [3.63, 3.8) is 0 Å². The molecular weight excluding hydrogens is 264 g/mol. The van der Waals surface area contributed by atoms with Crippen molar-refractivity contribution < 1.29 is 9.84 Å². The standard InChI is InChI=1S/C17H30N2O2/c1-5-10-19(13-17(3,4)12-18)11-14-8-7-9-15(16(14)20)21-6-2/h7-9,20H,5-6,10-13,18H2,1-4H3. The van der Waals surface area contributed by atoms with Crippen LogP contribution in [-0.4, -0.2) is 36.2 Å². The van der Waals surface area contributed by atoms with Crippen LogP contribution in [0.4, 0.5) is 0 Å². The van der Waals surface area contributed by atoms with Crippen molar-refractivity contribution in [1.82, 2.24) is 4.90 Å². The fraction of sp³-hybridized carbons (Fsp3) is 0.647. The topological polar surface area (TPSA) is 58.7 Å². The second kappa shape index (κ2) is 8.25. The summed E-state index contributed by atoms with van der Waals surface area (Å²) in [5.74, 6) is 0.815. The molecule has 21 heavy (non-hydrogen) atoms.